The van der Waals surface area contributed by atoms with Crippen molar-refractivity contribution in [3.63, 3.8) is 0 Å². The van der Waals surface area contributed by atoms with E-state index in [2.05, 4.69) is 31.2 Å². The summed E-state index contributed by atoms with van der Waals surface area (Å²) in [6.07, 6.45) is 25.9. The molecule has 2 aromatic rings. The molecule has 0 aliphatic rings. The van der Waals surface area contributed by atoms with E-state index in [1.165, 1.54) is 44.6 Å². The molecule has 2 rings (SSSR count). The van der Waals surface area contributed by atoms with Crippen LogP contribution in [0.2, 0.25) is 0 Å². The number of aromatic hydroxyl groups is 2. The van der Waals surface area contributed by atoms with E-state index in [-0.39, 0.29) is 17.5 Å². The second-order valence-corrected chi connectivity index (χ2v) is 9.14. The maximum atomic E-state index is 12.1. The lowest BCUT2D eigenvalue weighted by molar-refractivity contribution is -0.134. The van der Waals surface area contributed by atoms with Crippen LogP contribution >= 0.6 is 0 Å². The van der Waals surface area contributed by atoms with Gasteiger partial charge < -0.3 is 14.9 Å². The normalized spacial score (nSPS) is 11.7. The average Bonchev–Trinajstić information content (AvgIpc) is 2.85. The Morgan fingerprint density at radius 1 is 0.722 bits per heavy atom. The van der Waals surface area contributed by atoms with Crippen LogP contribution in [0.25, 0.3) is 12.2 Å². The van der Waals surface area contributed by atoms with Gasteiger partial charge >= 0.3 is 5.97 Å². The second kappa shape index (κ2) is 18.1. The number of hydrogen-bond acceptors (Lipinski definition) is 4. The van der Waals surface area contributed by atoms with Gasteiger partial charge in [0.15, 0.2) is 0 Å². The number of phenols is 2. The first-order chi connectivity index (χ1) is 17.6. The number of esters is 1. The van der Waals surface area contributed by atoms with E-state index >= 15 is 0 Å². The zero-order valence-corrected chi connectivity index (χ0v) is 21.7. The van der Waals surface area contributed by atoms with Crippen LogP contribution in [0.15, 0.2) is 66.8 Å². The zero-order valence-electron chi connectivity index (χ0n) is 21.7. The Morgan fingerprint density at radius 3 is 1.97 bits per heavy atom. The van der Waals surface area contributed by atoms with Gasteiger partial charge in [-0.05, 0) is 73.9 Å². The van der Waals surface area contributed by atoms with Gasteiger partial charge in [0.25, 0.3) is 0 Å². The summed E-state index contributed by atoms with van der Waals surface area (Å²) in [5.41, 5.74) is 1.62. The van der Waals surface area contributed by atoms with Crippen molar-refractivity contribution in [2.75, 3.05) is 0 Å². The highest BCUT2D eigenvalue weighted by Crippen LogP contribution is 2.22. The molecule has 0 aliphatic carbocycles. The van der Waals surface area contributed by atoms with Crippen molar-refractivity contribution in [1.82, 2.24) is 0 Å². The van der Waals surface area contributed by atoms with E-state index in [1.807, 2.05) is 18.2 Å². The quantitative estimate of drug-likeness (QED) is 0.0763. The van der Waals surface area contributed by atoms with Crippen molar-refractivity contribution < 1.29 is 19.7 Å². The summed E-state index contributed by atoms with van der Waals surface area (Å²) in [6.45, 7) is 2.23. The third-order valence-corrected chi connectivity index (χ3v) is 5.84. The fraction of sp³-hybridized carbons (Fsp3) is 0.406. The number of unbranched alkanes of at least 4 members (excludes halogenated alkanes) is 8. The topological polar surface area (TPSA) is 66.8 Å². The van der Waals surface area contributed by atoms with Gasteiger partial charge in [0.2, 0.25) is 0 Å². The Kier molecular flexibility index (Phi) is 14.5. The lowest BCUT2D eigenvalue weighted by Crippen LogP contribution is -2.07. The second-order valence-electron chi connectivity index (χ2n) is 9.14. The molecule has 194 valence electrons. The highest BCUT2D eigenvalue weighted by Gasteiger charge is 2.04. The zero-order chi connectivity index (χ0) is 25.8. The van der Waals surface area contributed by atoms with Crippen LogP contribution in [0.3, 0.4) is 0 Å². The smallest absolute Gasteiger partial charge is 0.311 e. The van der Waals surface area contributed by atoms with Gasteiger partial charge in [-0.15, -0.1) is 0 Å². The Labute approximate surface area is 217 Å². The van der Waals surface area contributed by atoms with Crippen molar-refractivity contribution in [1.29, 1.82) is 0 Å². The molecule has 2 aromatic carbocycles. The molecule has 4 heteroatoms. The molecule has 0 spiro atoms. The molecule has 0 bridgehead atoms. The molecule has 0 atom stereocenters. The van der Waals surface area contributed by atoms with E-state index in [0.29, 0.717) is 17.7 Å². The molecule has 0 amide bonds. The Balaban J connectivity index is 1.52. The minimum atomic E-state index is -0.195. The molecule has 0 aliphatic heterocycles. The molecular weight excluding hydrogens is 448 g/mol. The summed E-state index contributed by atoms with van der Waals surface area (Å²) in [5, 5.41) is 19.1. The summed E-state index contributed by atoms with van der Waals surface area (Å²) in [4.78, 5) is 12.1. The van der Waals surface area contributed by atoms with E-state index in [9.17, 15) is 15.0 Å². The Bertz CT molecular complexity index is 950. The van der Waals surface area contributed by atoms with E-state index in [4.69, 9.17) is 4.74 Å². The Morgan fingerprint density at radius 2 is 1.31 bits per heavy atom. The first kappa shape index (κ1) is 29.0. The molecule has 0 saturated carbocycles. The Hall–Kier alpha value is -3.27. The van der Waals surface area contributed by atoms with Crippen molar-refractivity contribution in [2.45, 2.75) is 84.0 Å². The number of allylic oxidation sites excluding steroid dienone is 4. The van der Waals surface area contributed by atoms with Gasteiger partial charge in [-0.25, -0.2) is 0 Å². The molecular formula is C32H42O4. The van der Waals surface area contributed by atoms with Crippen LogP contribution in [0, 0.1) is 0 Å². The third kappa shape index (κ3) is 13.6. The minimum Gasteiger partial charge on any atom is -0.508 e. The number of ether oxygens (including phenoxy) is 1. The van der Waals surface area contributed by atoms with Crippen molar-refractivity contribution >= 4 is 18.1 Å². The standard InChI is InChI=1S/C32H42O4/c1-2-3-4-5-6-7-8-9-10-11-12-13-14-15-16-17-32(35)36-31-22-20-27(21-23-31)18-19-28-24-29(33)26-30(34)25-28/h6-7,9-10,18-26,33-34H,2-5,8,11-17H2,1H3. The van der Waals surface area contributed by atoms with Crippen LogP contribution in [0.1, 0.15) is 95.1 Å². The van der Waals surface area contributed by atoms with Crippen molar-refractivity contribution in [2.24, 2.45) is 0 Å². The maximum Gasteiger partial charge on any atom is 0.311 e. The van der Waals surface area contributed by atoms with Crippen LogP contribution < -0.4 is 4.74 Å². The SMILES string of the molecule is CCCCCC=CCC=CCCCCCCCC(=O)Oc1ccc(C=Cc2cc(O)cc(O)c2)cc1. The fourth-order valence-corrected chi connectivity index (χ4v) is 3.82. The lowest BCUT2D eigenvalue weighted by Gasteiger charge is -2.05. The number of carbonyl (C=O) groups excluding carboxylic acids is 1. The van der Waals surface area contributed by atoms with Gasteiger partial charge in [-0.3, -0.25) is 4.79 Å². The molecule has 0 unspecified atom stereocenters. The molecule has 36 heavy (non-hydrogen) atoms. The lowest BCUT2D eigenvalue weighted by atomic mass is 10.1. The summed E-state index contributed by atoms with van der Waals surface area (Å²) in [5.74, 6) is 0.371. The average molecular weight is 491 g/mol. The van der Waals surface area contributed by atoms with Crippen LogP contribution in [0.5, 0.6) is 17.2 Å². The number of hydrogen-bond donors (Lipinski definition) is 2. The molecule has 4 nitrogen and oxygen atoms in total. The molecule has 0 radical (unpaired) electrons. The minimum absolute atomic E-state index is 0.0148. The summed E-state index contributed by atoms with van der Waals surface area (Å²) >= 11 is 0. The van der Waals surface area contributed by atoms with E-state index in [1.54, 1.807) is 30.3 Å². The van der Waals surface area contributed by atoms with Crippen LogP contribution in [-0.2, 0) is 4.79 Å². The van der Waals surface area contributed by atoms with E-state index in [0.717, 1.165) is 37.7 Å². The molecule has 0 aromatic heterocycles. The monoisotopic (exact) mass is 490 g/mol. The molecule has 0 saturated heterocycles. The first-order valence-corrected chi connectivity index (χ1v) is 13.4. The summed E-state index contributed by atoms with van der Waals surface area (Å²) < 4.78 is 5.44. The largest absolute Gasteiger partial charge is 0.508 e. The van der Waals surface area contributed by atoms with Crippen LogP contribution in [0.4, 0.5) is 0 Å². The molecule has 2 N–H and O–H groups in total. The number of carbonyl (C=O) groups is 1. The molecule has 0 fully saturated rings. The van der Waals surface area contributed by atoms with Gasteiger partial charge in [0.05, 0.1) is 0 Å². The predicted molar refractivity (Wildman–Crippen MR) is 150 cm³/mol. The fourth-order valence-electron chi connectivity index (χ4n) is 3.82. The highest BCUT2D eigenvalue weighted by atomic mass is 16.5. The van der Waals surface area contributed by atoms with Gasteiger partial charge in [-0.2, -0.15) is 0 Å². The van der Waals surface area contributed by atoms with Gasteiger partial charge in [-0.1, -0.05) is 87.6 Å². The summed E-state index contributed by atoms with van der Waals surface area (Å²) in [6, 6.07) is 11.7. The number of phenolic OH excluding ortho intramolecular Hbond substituents is 2. The van der Waals surface area contributed by atoms with Crippen molar-refractivity contribution in [3.8, 4) is 17.2 Å². The van der Waals surface area contributed by atoms with E-state index < -0.39 is 0 Å². The number of rotatable bonds is 17. The van der Waals surface area contributed by atoms with Crippen molar-refractivity contribution in [3.05, 3.63) is 77.9 Å². The number of benzene rings is 2. The predicted octanol–water partition coefficient (Wildman–Crippen LogP) is 8.99. The summed E-state index contributed by atoms with van der Waals surface area (Å²) in [7, 11) is 0. The van der Waals surface area contributed by atoms with Crippen LogP contribution in [-0.4, -0.2) is 16.2 Å². The highest BCUT2D eigenvalue weighted by molar-refractivity contribution is 5.73. The maximum absolute atomic E-state index is 12.1. The first-order valence-electron chi connectivity index (χ1n) is 13.4. The third-order valence-electron chi connectivity index (χ3n) is 5.84. The molecule has 0 heterocycles. The van der Waals surface area contributed by atoms with Gasteiger partial charge in [0, 0.05) is 12.5 Å². The van der Waals surface area contributed by atoms with Gasteiger partial charge in [0.1, 0.15) is 17.2 Å².